The Balaban J connectivity index is 2.53. The van der Waals surface area contributed by atoms with E-state index in [4.69, 9.17) is 0 Å². The number of hydrogen-bond donors (Lipinski definition) is 3. The molecule has 5 heteroatoms. The van der Waals surface area contributed by atoms with Gasteiger partial charge >= 0.3 is 0 Å². The van der Waals surface area contributed by atoms with E-state index in [9.17, 15) is 24.9 Å². The third kappa shape index (κ3) is 1.87. The van der Waals surface area contributed by atoms with Gasteiger partial charge in [0.25, 0.3) is 0 Å². The zero-order valence-corrected chi connectivity index (χ0v) is 12.6. The van der Waals surface area contributed by atoms with Gasteiger partial charge in [-0.1, -0.05) is 6.92 Å². The van der Waals surface area contributed by atoms with E-state index in [1.807, 2.05) is 0 Å². The van der Waals surface area contributed by atoms with E-state index >= 15 is 0 Å². The largest absolute Gasteiger partial charge is 0.389 e. The molecule has 4 atom stereocenters. The van der Waals surface area contributed by atoms with Crippen molar-refractivity contribution in [1.29, 1.82) is 0 Å². The van der Waals surface area contributed by atoms with Crippen molar-refractivity contribution in [3.8, 4) is 0 Å². The van der Waals surface area contributed by atoms with E-state index in [1.54, 1.807) is 6.92 Å². The molecular weight excluding hydrogens is 260 g/mol. The number of fused-ring (bicyclic) bond motifs is 1. The summed E-state index contributed by atoms with van der Waals surface area (Å²) in [5.41, 5.74) is -5.81. The zero-order chi connectivity index (χ0) is 15.6. The lowest BCUT2D eigenvalue weighted by atomic mass is 9.50. The number of carbonyl (C=O) groups excluding carboxylic acids is 2. The summed E-state index contributed by atoms with van der Waals surface area (Å²) < 4.78 is 0. The second kappa shape index (κ2) is 4.12. The van der Waals surface area contributed by atoms with Crippen LogP contribution < -0.4 is 0 Å². The number of hydrogen-bond acceptors (Lipinski definition) is 5. The molecule has 0 amide bonds. The third-order valence-electron chi connectivity index (χ3n) is 5.44. The Kier molecular flexibility index (Phi) is 3.21. The summed E-state index contributed by atoms with van der Waals surface area (Å²) in [6.45, 7) is 5.99. The number of rotatable bonds is 1. The van der Waals surface area contributed by atoms with Gasteiger partial charge in [-0.15, -0.1) is 0 Å². The van der Waals surface area contributed by atoms with Gasteiger partial charge in [0.2, 0.25) is 0 Å². The second-order valence-corrected chi connectivity index (χ2v) is 7.41. The van der Waals surface area contributed by atoms with Crippen molar-refractivity contribution in [2.24, 2.45) is 11.3 Å². The minimum absolute atomic E-state index is 0.0319. The second-order valence-electron chi connectivity index (χ2n) is 7.41. The van der Waals surface area contributed by atoms with Crippen LogP contribution in [-0.4, -0.2) is 43.7 Å². The molecular formula is C15H24O5. The summed E-state index contributed by atoms with van der Waals surface area (Å²) in [6, 6.07) is 0. The lowest BCUT2D eigenvalue weighted by molar-refractivity contribution is -0.206. The molecule has 0 radical (unpaired) electrons. The molecule has 2 aliphatic carbocycles. The van der Waals surface area contributed by atoms with E-state index < -0.39 is 33.9 Å². The fourth-order valence-electron chi connectivity index (χ4n) is 3.91. The van der Waals surface area contributed by atoms with Gasteiger partial charge in [-0.2, -0.15) is 0 Å². The summed E-state index contributed by atoms with van der Waals surface area (Å²) in [6.07, 6.45) is 0.775. The van der Waals surface area contributed by atoms with Crippen LogP contribution in [0.2, 0.25) is 0 Å². The minimum atomic E-state index is -1.92. The number of ketones is 2. The Bertz CT molecular complexity index is 461. The molecule has 114 valence electrons. The van der Waals surface area contributed by atoms with Crippen molar-refractivity contribution in [3.05, 3.63) is 0 Å². The van der Waals surface area contributed by atoms with E-state index in [1.165, 1.54) is 20.8 Å². The average molecular weight is 284 g/mol. The summed E-state index contributed by atoms with van der Waals surface area (Å²) >= 11 is 0. The minimum Gasteiger partial charge on any atom is -0.389 e. The van der Waals surface area contributed by atoms with Gasteiger partial charge in [0.1, 0.15) is 5.78 Å². The Morgan fingerprint density at radius 1 is 1.10 bits per heavy atom. The van der Waals surface area contributed by atoms with Crippen LogP contribution in [-0.2, 0) is 9.59 Å². The standard InChI is InChI=1S/C15H24O5/c1-12(2,18)15(20)8-7-13(3)9(16)5-6-14(4,19)10(13)11(15)17/h10,18-20H,5-8H2,1-4H3/t10?,13-,14-,15-/m0/s1. The van der Waals surface area contributed by atoms with E-state index in [2.05, 4.69) is 0 Å². The zero-order valence-electron chi connectivity index (χ0n) is 12.6. The topological polar surface area (TPSA) is 94.8 Å². The Morgan fingerprint density at radius 3 is 2.15 bits per heavy atom. The Labute approximate surface area is 119 Å². The van der Waals surface area contributed by atoms with Crippen molar-refractivity contribution >= 4 is 11.6 Å². The molecule has 0 spiro atoms. The molecule has 0 aromatic heterocycles. The number of carbonyl (C=O) groups is 2. The van der Waals surface area contributed by atoms with Gasteiger partial charge in [-0.25, -0.2) is 0 Å². The average Bonchev–Trinajstić information content (AvgIpc) is 2.28. The molecule has 0 saturated heterocycles. The lowest BCUT2D eigenvalue weighted by Crippen LogP contribution is -2.69. The van der Waals surface area contributed by atoms with Crippen LogP contribution in [0.5, 0.6) is 0 Å². The number of Topliss-reactive ketones (excluding diaryl/α,β-unsaturated/α-hetero) is 2. The molecule has 1 unspecified atom stereocenters. The Morgan fingerprint density at radius 2 is 1.65 bits per heavy atom. The highest BCUT2D eigenvalue weighted by molar-refractivity contribution is 6.00. The molecule has 2 rings (SSSR count). The third-order valence-corrected chi connectivity index (χ3v) is 5.44. The molecule has 0 aromatic rings. The van der Waals surface area contributed by atoms with Crippen molar-refractivity contribution in [2.75, 3.05) is 0 Å². The maximum absolute atomic E-state index is 12.8. The molecule has 2 aliphatic rings. The summed E-state index contributed by atoms with van der Waals surface area (Å²) in [4.78, 5) is 25.0. The van der Waals surface area contributed by atoms with Crippen LogP contribution in [0, 0.1) is 11.3 Å². The maximum Gasteiger partial charge on any atom is 0.174 e. The molecule has 5 nitrogen and oxygen atoms in total. The lowest BCUT2D eigenvalue weighted by Gasteiger charge is -2.55. The fourth-order valence-corrected chi connectivity index (χ4v) is 3.91. The SMILES string of the molecule is CC(C)(O)[C@]1(O)CC[C@@]2(C)C(=O)CC[C@](C)(O)C2C1=O. The first-order valence-corrected chi connectivity index (χ1v) is 7.11. The molecule has 0 heterocycles. The van der Waals surface area contributed by atoms with Gasteiger partial charge in [0, 0.05) is 11.8 Å². The van der Waals surface area contributed by atoms with Crippen molar-refractivity contribution in [1.82, 2.24) is 0 Å². The highest BCUT2D eigenvalue weighted by Crippen LogP contribution is 2.54. The van der Waals surface area contributed by atoms with Crippen LogP contribution in [0.25, 0.3) is 0 Å². The van der Waals surface area contributed by atoms with Gasteiger partial charge in [0.05, 0.1) is 17.1 Å². The van der Waals surface area contributed by atoms with Crippen molar-refractivity contribution in [2.45, 2.75) is 70.2 Å². The van der Waals surface area contributed by atoms with Gasteiger partial charge in [-0.3, -0.25) is 9.59 Å². The smallest absolute Gasteiger partial charge is 0.174 e. The van der Waals surface area contributed by atoms with E-state index in [-0.39, 0.29) is 25.0 Å². The molecule has 2 saturated carbocycles. The summed E-state index contributed by atoms with van der Waals surface area (Å²) in [5.74, 6) is -1.63. The monoisotopic (exact) mass is 284 g/mol. The summed E-state index contributed by atoms with van der Waals surface area (Å²) in [7, 11) is 0. The van der Waals surface area contributed by atoms with Crippen LogP contribution >= 0.6 is 0 Å². The van der Waals surface area contributed by atoms with Gasteiger partial charge < -0.3 is 15.3 Å². The molecule has 0 aliphatic heterocycles. The molecule has 20 heavy (non-hydrogen) atoms. The van der Waals surface area contributed by atoms with Crippen LogP contribution in [0.4, 0.5) is 0 Å². The molecule has 0 bridgehead atoms. The first-order valence-electron chi connectivity index (χ1n) is 7.11. The van der Waals surface area contributed by atoms with E-state index in [0.29, 0.717) is 6.42 Å². The first-order chi connectivity index (χ1) is 8.86. The van der Waals surface area contributed by atoms with Crippen LogP contribution in [0.15, 0.2) is 0 Å². The highest BCUT2D eigenvalue weighted by Gasteiger charge is 2.66. The molecule has 0 aromatic carbocycles. The molecule has 2 fully saturated rings. The van der Waals surface area contributed by atoms with Gasteiger partial charge in [-0.05, 0) is 40.0 Å². The van der Waals surface area contributed by atoms with Gasteiger partial charge in [0.15, 0.2) is 11.4 Å². The normalized spacial score (nSPS) is 46.2. The fraction of sp³-hybridized carbons (Fsp3) is 0.867. The van der Waals surface area contributed by atoms with Crippen molar-refractivity contribution in [3.63, 3.8) is 0 Å². The summed E-state index contributed by atoms with van der Waals surface area (Å²) in [5, 5.41) is 31.3. The van der Waals surface area contributed by atoms with E-state index in [0.717, 1.165) is 0 Å². The quantitative estimate of drug-likeness (QED) is 0.655. The predicted octanol–water partition coefficient (Wildman–Crippen LogP) is 0.588. The van der Waals surface area contributed by atoms with Crippen LogP contribution in [0.1, 0.15) is 53.4 Å². The molecule has 3 N–H and O–H groups in total. The van der Waals surface area contributed by atoms with Crippen molar-refractivity contribution < 1.29 is 24.9 Å². The first kappa shape index (κ1) is 15.6. The Hall–Kier alpha value is -0.780. The number of aliphatic hydroxyl groups is 3. The predicted molar refractivity (Wildman–Crippen MR) is 72.0 cm³/mol. The maximum atomic E-state index is 12.8. The van der Waals surface area contributed by atoms with Crippen LogP contribution in [0.3, 0.4) is 0 Å². The highest BCUT2D eigenvalue weighted by atomic mass is 16.4.